The van der Waals surface area contributed by atoms with E-state index < -0.39 is 0 Å². The van der Waals surface area contributed by atoms with Gasteiger partial charge in [0.2, 0.25) is 0 Å². The molecule has 0 aliphatic heterocycles. The van der Waals surface area contributed by atoms with Crippen LogP contribution in [0.25, 0.3) is 0 Å². The van der Waals surface area contributed by atoms with Crippen LogP contribution in [0, 0.1) is 3.57 Å². The van der Waals surface area contributed by atoms with Crippen molar-refractivity contribution in [2.45, 2.75) is 26.2 Å². The Morgan fingerprint density at radius 3 is 2.41 bits per heavy atom. The Morgan fingerprint density at radius 1 is 1.14 bits per heavy atom. The predicted octanol–water partition coefficient (Wildman–Crippen LogP) is 4.61. The number of ether oxygens (including phenoxy) is 1. The first-order valence-electron chi connectivity index (χ1n) is 7.13. The second-order valence-electron chi connectivity index (χ2n) is 6.12. The van der Waals surface area contributed by atoms with Gasteiger partial charge in [-0.15, -0.1) is 0 Å². The molecule has 0 atom stereocenters. The summed E-state index contributed by atoms with van der Waals surface area (Å²) in [7, 11) is 0. The first-order valence-corrected chi connectivity index (χ1v) is 8.21. The summed E-state index contributed by atoms with van der Waals surface area (Å²) in [4.78, 5) is 11.9. The molecule has 0 saturated heterocycles. The standard InChI is InChI=1S/C18H20INO2/c1-18(2,3)13-7-9-16(10-8-13)22-12-17(21)20-15-6-4-5-14(19)11-15/h4-11H,12H2,1-3H3,(H,20,21). The molecule has 2 aromatic carbocycles. The van der Waals surface area contributed by atoms with Gasteiger partial charge >= 0.3 is 0 Å². The third-order valence-corrected chi connectivity index (χ3v) is 3.87. The molecule has 116 valence electrons. The monoisotopic (exact) mass is 409 g/mol. The summed E-state index contributed by atoms with van der Waals surface area (Å²) in [6.45, 7) is 6.49. The zero-order valence-corrected chi connectivity index (χ0v) is 15.2. The van der Waals surface area contributed by atoms with Crippen molar-refractivity contribution < 1.29 is 9.53 Å². The molecular weight excluding hydrogens is 389 g/mol. The fraction of sp³-hybridized carbons (Fsp3) is 0.278. The lowest BCUT2D eigenvalue weighted by molar-refractivity contribution is -0.118. The molecule has 0 saturated carbocycles. The Hall–Kier alpha value is -1.56. The van der Waals surface area contributed by atoms with Crippen molar-refractivity contribution in [3.63, 3.8) is 0 Å². The number of rotatable bonds is 4. The molecule has 4 heteroatoms. The van der Waals surface area contributed by atoms with Gasteiger partial charge in [0.25, 0.3) is 5.91 Å². The van der Waals surface area contributed by atoms with Gasteiger partial charge in [-0.05, 0) is 63.9 Å². The van der Waals surface area contributed by atoms with E-state index in [0.717, 1.165) is 9.26 Å². The van der Waals surface area contributed by atoms with Crippen molar-refractivity contribution in [1.82, 2.24) is 0 Å². The number of benzene rings is 2. The Labute approximate surface area is 145 Å². The minimum atomic E-state index is -0.165. The molecule has 1 amide bonds. The van der Waals surface area contributed by atoms with Gasteiger partial charge in [0.05, 0.1) is 0 Å². The highest BCUT2D eigenvalue weighted by Gasteiger charge is 2.13. The van der Waals surface area contributed by atoms with Gasteiger partial charge in [0.1, 0.15) is 5.75 Å². The van der Waals surface area contributed by atoms with Crippen molar-refractivity contribution >= 4 is 34.2 Å². The quantitative estimate of drug-likeness (QED) is 0.750. The smallest absolute Gasteiger partial charge is 0.262 e. The SMILES string of the molecule is CC(C)(C)c1ccc(OCC(=O)Nc2cccc(I)c2)cc1. The van der Waals surface area contributed by atoms with E-state index in [1.165, 1.54) is 5.56 Å². The highest BCUT2D eigenvalue weighted by molar-refractivity contribution is 14.1. The number of hydrogen-bond acceptors (Lipinski definition) is 2. The number of hydrogen-bond donors (Lipinski definition) is 1. The molecule has 0 radical (unpaired) electrons. The van der Waals surface area contributed by atoms with Gasteiger partial charge in [0, 0.05) is 9.26 Å². The van der Waals surface area contributed by atoms with Crippen LogP contribution in [0.1, 0.15) is 26.3 Å². The molecule has 0 aliphatic rings. The number of anilines is 1. The second-order valence-corrected chi connectivity index (χ2v) is 7.37. The maximum Gasteiger partial charge on any atom is 0.262 e. The van der Waals surface area contributed by atoms with Gasteiger partial charge < -0.3 is 10.1 Å². The number of carbonyl (C=O) groups is 1. The number of halogens is 1. The average molecular weight is 409 g/mol. The van der Waals surface area contributed by atoms with E-state index in [1.54, 1.807) is 0 Å². The summed E-state index contributed by atoms with van der Waals surface area (Å²) in [5.74, 6) is 0.535. The molecule has 1 N–H and O–H groups in total. The van der Waals surface area contributed by atoms with Gasteiger partial charge in [0.15, 0.2) is 6.61 Å². The maximum atomic E-state index is 11.9. The van der Waals surface area contributed by atoms with E-state index in [1.807, 2.05) is 48.5 Å². The summed E-state index contributed by atoms with van der Waals surface area (Å²) in [5, 5.41) is 2.82. The Kier molecular flexibility index (Phi) is 5.45. The molecular formula is C18H20INO2. The molecule has 2 rings (SSSR count). The number of carbonyl (C=O) groups excluding carboxylic acids is 1. The van der Waals surface area contributed by atoms with Crippen LogP contribution in [0.2, 0.25) is 0 Å². The zero-order valence-electron chi connectivity index (χ0n) is 13.0. The van der Waals surface area contributed by atoms with Crippen molar-refractivity contribution in [3.05, 3.63) is 57.7 Å². The fourth-order valence-corrected chi connectivity index (χ4v) is 2.51. The fourth-order valence-electron chi connectivity index (χ4n) is 1.96. The molecule has 2 aromatic rings. The van der Waals surface area contributed by atoms with Gasteiger partial charge in [-0.1, -0.05) is 39.0 Å². The third kappa shape index (κ3) is 5.02. The van der Waals surface area contributed by atoms with Crippen LogP contribution in [-0.4, -0.2) is 12.5 Å². The molecule has 22 heavy (non-hydrogen) atoms. The van der Waals surface area contributed by atoms with E-state index in [0.29, 0.717) is 5.75 Å². The van der Waals surface area contributed by atoms with Crippen LogP contribution in [0.5, 0.6) is 5.75 Å². The van der Waals surface area contributed by atoms with Crippen LogP contribution in [0.15, 0.2) is 48.5 Å². The van der Waals surface area contributed by atoms with Gasteiger partial charge in [-0.3, -0.25) is 4.79 Å². The van der Waals surface area contributed by atoms with Crippen LogP contribution in [0.4, 0.5) is 5.69 Å². The van der Waals surface area contributed by atoms with E-state index in [2.05, 4.69) is 48.7 Å². The Balaban J connectivity index is 1.88. The minimum Gasteiger partial charge on any atom is -0.484 e. The summed E-state index contributed by atoms with van der Waals surface area (Å²) < 4.78 is 6.60. The summed E-state index contributed by atoms with van der Waals surface area (Å²) in [5.41, 5.74) is 2.13. The lowest BCUT2D eigenvalue weighted by Gasteiger charge is -2.19. The normalized spacial score (nSPS) is 11.1. The summed E-state index contributed by atoms with van der Waals surface area (Å²) >= 11 is 2.21. The Morgan fingerprint density at radius 2 is 1.82 bits per heavy atom. The van der Waals surface area contributed by atoms with Crippen molar-refractivity contribution in [2.75, 3.05) is 11.9 Å². The van der Waals surface area contributed by atoms with E-state index in [9.17, 15) is 4.79 Å². The highest BCUT2D eigenvalue weighted by Crippen LogP contribution is 2.24. The molecule has 0 fully saturated rings. The largest absolute Gasteiger partial charge is 0.484 e. The third-order valence-electron chi connectivity index (χ3n) is 3.20. The summed E-state index contributed by atoms with van der Waals surface area (Å²) in [6.07, 6.45) is 0. The Bertz CT molecular complexity index is 645. The van der Waals surface area contributed by atoms with Crippen LogP contribution >= 0.6 is 22.6 Å². The lowest BCUT2D eigenvalue weighted by atomic mass is 9.87. The first kappa shape index (κ1) is 16.8. The van der Waals surface area contributed by atoms with Crippen LogP contribution in [-0.2, 0) is 10.2 Å². The van der Waals surface area contributed by atoms with Crippen molar-refractivity contribution in [3.8, 4) is 5.75 Å². The number of nitrogens with one attached hydrogen (secondary N) is 1. The van der Waals surface area contributed by atoms with Crippen molar-refractivity contribution in [2.24, 2.45) is 0 Å². The summed E-state index contributed by atoms with van der Waals surface area (Å²) in [6, 6.07) is 15.5. The van der Waals surface area contributed by atoms with E-state index >= 15 is 0 Å². The van der Waals surface area contributed by atoms with Crippen LogP contribution in [0.3, 0.4) is 0 Å². The minimum absolute atomic E-state index is 0.000335. The van der Waals surface area contributed by atoms with Gasteiger partial charge in [-0.25, -0.2) is 0 Å². The average Bonchev–Trinajstić information content (AvgIpc) is 2.45. The number of amides is 1. The second kappa shape index (κ2) is 7.13. The van der Waals surface area contributed by atoms with E-state index in [4.69, 9.17) is 4.74 Å². The molecule has 0 heterocycles. The molecule has 0 aromatic heterocycles. The maximum absolute atomic E-state index is 11.9. The topological polar surface area (TPSA) is 38.3 Å². The molecule has 3 nitrogen and oxygen atoms in total. The lowest BCUT2D eigenvalue weighted by Crippen LogP contribution is -2.20. The molecule has 0 bridgehead atoms. The highest BCUT2D eigenvalue weighted by atomic mass is 127. The van der Waals surface area contributed by atoms with Crippen LogP contribution < -0.4 is 10.1 Å². The van der Waals surface area contributed by atoms with Gasteiger partial charge in [-0.2, -0.15) is 0 Å². The molecule has 0 spiro atoms. The molecule has 0 aliphatic carbocycles. The molecule has 0 unspecified atom stereocenters. The first-order chi connectivity index (χ1) is 10.3. The zero-order chi connectivity index (χ0) is 16.2. The predicted molar refractivity (Wildman–Crippen MR) is 98.4 cm³/mol. The van der Waals surface area contributed by atoms with Crippen molar-refractivity contribution in [1.29, 1.82) is 0 Å². The van der Waals surface area contributed by atoms with E-state index in [-0.39, 0.29) is 17.9 Å².